The Labute approximate surface area is 248 Å². The zero-order valence-electron chi connectivity index (χ0n) is 25.5. The number of hydrogen-bond acceptors (Lipinski definition) is 7. The molecule has 5 rings (SSSR count). The number of Topliss-reactive ketones (excluding diaryl/α,β-unsaturated/α-hetero) is 1. The second kappa shape index (κ2) is 10.9. The molecular weight excluding hydrogens is 554 g/mol. The van der Waals surface area contributed by atoms with E-state index in [4.69, 9.17) is 4.74 Å². The van der Waals surface area contributed by atoms with Crippen molar-refractivity contribution in [3.63, 3.8) is 0 Å². The first-order valence-electron chi connectivity index (χ1n) is 15.1. The van der Waals surface area contributed by atoms with Crippen molar-refractivity contribution in [3.8, 4) is 5.88 Å². The number of amides is 2. The predicted molar refractivity (Wildman–Crippen MR) is 161 cm³/mol. The highest BCUT2D eigenvalue weighted by Gasteiger charge is 2.61. The summed E-state index contributed by atoms with van der Waals surface area (Å²) in [5.41, 5.74) is -0.441. The maximum atomic E-state index is 13.9. The predicted octanol–water partition coefficient (Wildman–Crippen LogP) is 4.00. The molecule has 2 aromatic rings. The number of pyridine rings is 1. The zero-order chi connectivity index (χ0) is 30.6. The van der Waals surface area contributed by atoms with Crippen molar-refractivity contribution < 1.29 is 27.5 Å². The maximum absolute atomic E-state index is 13.9. The van der Waals surface area contributed by atoms with Crippen molar-refractivity contribution >= 4 is 38.2 Å². The first kappa shape index (κ1) is 30.4. The number of ketones is 1. The third-order valence-electron chi connectivity index (χ3n) is 9.59. The Morgan fingerprint density at radius 2 is 1.88 bits per heavy atom. The standard InChI is InChI=1S/C32H43N3O6S/c1-7-21-16-32(21,27(36)18-42(39,40)23-11-12-23)34-28(37)26-15-22(17-35(26)30(38)20(3)31(4,5)6)41-29-25-10-8-9-19(2)24(25)13-14-33-29/h8-10,13-14,20-23,26H,7,11-12,15-18H2,1-6H3,(H,34,37)/t20-,21-,22-,26+,32-/m1/s1. The van der Waals surface area contributed by atoms with Gasteiger partial charge in [0.25, 0.3) is 0 Å². The van der Waals surface area contributed by atoms with Crippen LogP contribution in [0.15, 0.2) is 30.5 Å². The highest BCUT2D eigenvalue weighted by Crippen LogP contribution is 2.48. The summed E-state index contributed by atoms with van der Waals surface area (Å²) in [5, 5.41) is 4.39. The molecule has 42 heavy (non-hydrogen) atoms. The van der Waals surface area contributed by atoms with Gasteiger partial charge in [-0.1, -0.05) is 53.2 Å². The van der Waals surface area contributed by atoms with Gasteiger partial charge in [-0.15, -0.1) is 0 Å². The van der Waals surface area contributed by atoms with Crippen LogP contribution in [-0.2, 0) is 24.2 Å². The van der Waals surface area contributed by atoms with Gasteiger partial charge < -0.3 is 15.0 Å². The molecule has 2 saturated carbocycles. The topological polar surface area (TPSA) is 123 Å². The number of nitrogens with one attached hydrogen (secondary N) is 1. The van der Waals surface area contributed by atoms with E-state index in [-0.39, 0.29) is 36.1 Å². The molecule has 1 aliphatic heterocycles. The number of carbonyl (C=O) groups is 3. The number of hydrogen-bond donors (Lipinski definition) is 1. The van der Waals surface area contributed by atoms with Crippen LogP contribution in [0.25, 0.3) is 10.8 Å². The summed E-state index contributed by atoms with van der Waals surface area (Å²) in [5.74, 6) is -1.65. The molecule has 228 valence electrons. The summed E-state index contributed by atoms with van der Waals surface area (Å²) in [7, 11) is -3.52. The van der Waals surface area contributed by atoms with Crippen molar-refractivity contribution in [2.45, 2.75) is 96.6 Å². The molecule has 2 heterocycles. The molecule has 3 aliphatic rings. The molecule has 3 fully saturated rings. The van der Waals surface area contributed by atoms with E-state index in [9.17, 15) is 22.8 Å². The van der Waals surface area contributed by atoms with E-state index in [1.54, 1.807) is 11.1 Å². The number of benzene rings is 1. The summed E-state index contributed by atoms with van der Waals surface area (Å²) in [6.07, 6.45) is 3.66. The van der Waals surface area contributed by atoms with E-state index in [1.807, 2.05) is 65.8 Å². The van der Waals surface area contributed by atoms with E-state index in [2.05, 4.69) is 10.3 Å². The Balaban J connectivity index is 1.40. The fraction of sp³-hybridized carbons (Fsp3) is 0.625. The van der Waals surface area contributed by atoms with E-state index >= 15 is 0 Å². The maximum Gasteiger partial charge on any atom is 0.243 e. The molecule has 1 N–H and O–H groups in total. The molecule has 0 unspecified atom stereocenters. The fourth-order valence-electron chi connectivity index (χ4n) is 6.13. The Morgan fingerprint density at radius 1 is 1.17 bits per heavy atom. The van der Waals surface area contributed by atoms with Gasteiger partial charge in [-0.05, 0) is 60.6 Å². The van der Waals surface area contributed by atoms with Gasteiger partial charge >= 0.3 is 0 Å². The quantitative estimate of drug-likeness (QED) is 0.439. The van der Waals surface area contributed by atoms with E-state index in [0.29, 0.717) is 31.6 Å². The smallest absolute Gasteiger partial charge is 0.243 e. The molecule has 1 aromatic carbocycles. The van der Waals surface area contributed by atoms with E-state index in [1.165, 1.54) is 0 Å². The second-order valence-electron chi connectivity index (χ2n) is 13.6. The lowest BCUT2D eigenvalue weighted by Crippen LogP contribution is -2.55. The molecule has 0 radical (unpaired) electrons. The molecule has 1 aromatic heterocycles. The first-order chi connectivity index (χ1) is 19.7. The van der Waals surface area contributed by atoms with Crippen molar-refractivity contribution in [1.29, 1.82) is 0 Å². The van der Waals surface area contributed by atoms with Gasteiger partial charge in [-0.25, -0.2) is 13.4 Å². The normalized spacial score (nSPS) is 26.6. The molecular formula is C32H43N3O6S. The van der Waals surface area contributed by atoms with Gasteiger partial charge in [0.05, 0.1) is 11.8 Å². The number of rotatable bonds is 10. The summed E-state index contributed by atoms with van der Waals surface area (Å²) < 4.78 is 31.7. The molecule has 0 spiro atoms. The lowest BCUT2D eigenvalue weighted by Gasteiger charge is -2.33. The lowest BCUT2D eigenvalue weighted by atomic mass is 9.81. The Bertz CT molecular complexity index is 1510. The number of likely N-dealkylation sites (tertiary alicyclic amines) is 1. The average Bonchev–Trinajstić information content (AvgIpc) is 3.85. The summed E-state index contributed by atoms with van der Waals surface area (Å²) in [4.78, 5) is 47.2. The van der Waals surface area contributed by atoms with Gasteiger partial charge in [-0.3, -0.25) is 14.4 Å². The molecule has 2 aliphatic carbocycles. The van der Waals surface area contributed by atoms with Crippen molar-refractivity contribution in [2.75, 3.05) is 12.3 Å². The number of nitrogens with zero attached hydrogens (tertiary/aromatic N) is 2. The zero-order valence-corrected chi connectivity index (χ0v) is 26.3. The fourth-order valence-corrected chi connectivity index (χ4v) is 7.84. The first-order valence-corrected chi connectivity index (χ1v) is 16.8. The Hall–Kier alpha value is -3.01. The highest BCUT2D eigenvalue weighted by atomic mass is 32.2. The van der Waals surface area contributed by atoms with Crippen LogP contribution in [0.1, 0.15) is 72.3 Å². The van der Waals surface area contributed by atoms with Gasteiger partial charge in [0, 0.05) is 23.9 Å². The van der Waals surface area contributed by atoms with Crippen LogP contribution in [0, 0.1) is 24.2 Å². The van der Waals surface area contributed by atoms with E-state index < -0.39 is 50.2 Å². The number of sulfone groups is 1. The number of carbonyl (C=O) groups excluding carboxylic acids is 3. The third kappa shape index (κ3) is 5.79. The molecule has 2 amide bonds. The minimum atomic E-state index is -3.52. The number of fused-ring (bicyclic) bond motifs is 1. The van der Waals surface area contributed by atoms with Crippen LogP contribution in [0.5, 0.6) is 5.88 Å². The van der Waals surface area contributed by atoms with Crippen LogP contribution in [-0.4, -0.2) is 71.1 Å². The van der Waals surface area contributed by atoms with Crippen LogP contribution in [0.2, 0.25) is 0 Å². The Kier molecular flexibility index (Phi) is 7.92. The van der Waals surface area contributed by atoms with Gasteiger partial charge in [0.2, 0.25) is 17.7 Å². The van der Waals surface area contributed by atoms with E-state index in [0.717, 1.165) is 16.3 Å². The second-order valence-corrected chi connectivity index (χ2v) is 15.8. The SMILES string of the molecule is CC[C@@H]1C[C@]1(NC(=O)[C@@H]1C[C@@H](Oc2nccc3c(C)cccc23)CN1C(=O)[C@@H](C)C(C)(C)C)C(=O)CS(=O)(=O)C1CC1. The largest absolute Gasteiger partial charge is 0.472 e. The van der Waals surface area contributed by atoms with Crippen molar-refractivity contribution in [3.05, 3.63) is 36.0 Å². The average molecular weight is 598 g/mol. The van der Waals surface area contributed by atoms with Crippen LogP contribution in [0.4, 0.5) is 0 Å². The van der Waals surface area contributed by atoms with Crippen molar-refractivity contribution in [2.24, 2.45) is 17.3 Å². The lowest BCUT2D eigenvalue weighted by molar-refractivity contribution is -0.144. The molecule has 9 nitrogen and oxygen atoms in total. The van der Waals surface area contributed by atoms with Gasteiger partial charge in [0.1, 0.15) is 23.4 Å². The number of aromatic nitrogens is 1. The van der Waals surface area contributed by atoms with Gasteiger partial charge in [-0.2, -0.15) is 0 Å². The van der Waals surface area contributed by atoms with Crippen LogP contribution in [0.3, 0.4) is 0 Å². The molecule has 10 heteroatoms. The highest BCUT2D eigenvalue weighted by molar-refractivity contribution is 7.93. The van der Waals surface area contributed by atoms with Crippen molar-refractivity contribution in [1.82, 2.24) is 15.2 Å². The van der Waals surface area contributed by atoms with Gasteiger partial charge in [0.15, 0.2) is 15.6 Å². The monoisotopic (exact) mass is 597 g/mol. The van der Waals surface area contributed by atoms with Crippen LogP contribution < -0.4 is 10.1 Å². The molecule has 0 bridgehead atoms. The summed E-state index contributed by atoms with van der Waals surface area (Å²) in [6.45, 7) is 12.0. The van der Waals surface area contributed by atoms with Crippen LogP contribution >= 0.6 is 0 Å². The number of aryl methyl sites for hydroxylation is 1. The Morgan fingerprint density at radius 3 is 2.50 bits per heavy atom. The molecule has 1 saturated heterocycles. The number of ether oxygens (including phenoxy) is 1. The summed E-state index contributed by atoms with van der Waals surface area (Å²) >= 11 is 0. The minimum Gasteiger partial charge on any atom is -0.472 e. The summed E-state index contributed by atoms with van der Waals surface area (Å²) in [6, 6.07) is 6.98. The molecule has 5 atom stereocenters. The minimum absolute atomic E-state index is 0.127. The third-order valence-corrected chi connectivity index (χ3v) is 11.7.